The van der Waals surface area contributed by atoms with Crippen LogP contribution in [0.1, 0.15) is 12.8 Å². The molecular weight excluding hydrogens is 382 g/mol. The van der Waals surface area contributed by atoms with Crippen molar-refractivity contribution in [2.24, 2.45) is 5.73 Å². The molecule has 0 aliphatic carbocycles. The van der Waals surface area contributed by atoms with E-state index in [4.69, 9.17) is 15.2 Å². The second-order valence-corrected chi connectivity index (χ2v) is 7.92. The quantitative estimate of drug-likeness (QED) is 0.780. The molecule has 0 bridgehead atoms. The molecule has 1 aromatic carbocycles. The number of rotatable bonds is 4. The SMILES string of the molecule is Cl.NCCC(=O)N1CCCN(S(=O)(=O)c2ccc3c(c2)OCCO3)CC1. The maximum Gasteiger partial charge on any atom is 0.243 e. The largest absolute Gasteiger partial charge is 0.486 e. The Bertz CT molecular complexity index is 743. The van der Waals surface area contributed by atoms with Gasteiger partial charge in [0.05, 0.1) is 4.90 Å². The Kier molecular flexibility index (Phi) is 7.10. The van der Waals surface area contributed by atoms with Gasteiger partial charge in [-0.3, -0.25) is 4.79 Å². The third-order valence-electron chi connectivity index (χ3n) is 4.32. The Morgan fingerprint density at radius 3 is 2.54 bits per heavy atom. The molecule has 1 amide bonds. The summed E-state index contributed by atoms with van der Waals surface area (Å²) in [6, 6.07) is 4.66. The van der Waals surface area contributed by atoms with Gasteiger partial charge >= 0.3 is 0 Å². The van der Waals surface area contributed by atoms with E-state index < -0.39 is 10.0 Å². The number of amides is 1. The molecule has 0 spiro atoms. The van der Waals surface area contributed by atoms with Crippen LogP contribution in [0.5, 0.6) is 11.5 Å². The predicted molar refractivity (Wildman–Crippen MR) is 98.3 cm³/mol. The number of benzene rings is 1. The van der Waals surface area contributed by atoms with Crippen LogP contribution in [0, 0.1) is 0 Å². The summed E-state index contributed by atoms with van der Waals surface area (Å²) in [6.45, 7) is 2.73. The molecule has 2 heterocycles. The van der Waals surface area contributed by atoms with Crippen molar-refractivity contribution in [1.82, 2.24) is 9.21 Å². The summed E-state index contributed by atoms with van der Waals surface area (Å²) in [5, 5.41) is 0. The van der Waals surface area contributed by atoms with Gasteiger partial charge in [-0.25, -0.2) is 8.42 Å². The van der Waals surface area contributed by atoms with E-state index in [9.17, 15) is 13.2 Å². The zero-order valence-corrected chi connectivity index (χ0v) is 16.1. The summed E-state index contributed by atoms with van der Waals surface area (Å²) in [7, 11) is -3.65. The van der Waals surface area contributed by atoms with Crippen LogP contribution in [-0.2, 0) is 14.8 Å². The molecule has 2 aliphatic heterocycles. The van der Waals surface area contributed by atoms with Crippen LogP contribution in [-0.4, -0.2) is 69.5 Å². The fraction of sp³-hybridized carbons (Fsp3) is 0.562. The monoisotopic (exact) mass is 405 g/mol. The van der Waals surface area contributed by atoms with Crippen molar-refractivity contribution in [2.45, 2.75) is 17.7 Å². The van der Waals surface area contributed by atoms with Crippen LogP contribution < -0.4 is 15.2 Å². The zero-order valence-electron chi connectivity index (χ0n) is 14.4. The number of ether oxygens (including phenoxy) is 2. The van der Waals surface area contributed by atoms with Gasteiger partial charge in [0.25, 0.3) is 0 Å². The van der Waals surface area contributed by atoms with E-state index in [0.29, 0.717) is 57.3 Å². The average molecular weight is 406 g/mol. The fourth-order valence-electron chi connectivity index (χ4n) is 3.00. The molecule has 146 valence electrons. The van der Waals surface area contributed by atoms with Gasteiger partial charge in [0.15, 0.2) is 11.5 Å². The lowest BCUT2D eigenvalue weighted by Crippen LogP contribution is -2.37. The first-order valence-corrected chi connectivity index (χ1v) is 9.84. The van der Waals surface area contributed by atoms with Gasteiger partial charge in [0, 0.05) is 45.2 Å². The van der Waals surface area contributed by atoms with Gasteiger partial charge in [-0.05, 0) is 18.6 Å². The van der Waals surface area contributed by atoms with Gasteiger partial charge in [0.2, 0.25) is 15.9 Å². The van der Waals surface area contributed by atoms with E-state index in [1.807, 2.05) is 0 Å². The summed E-state index contributed by atoms with van der Waals surface area (Å²) < 4.78 is 38.2. The first-order valence-electron chi connectivity index (χ1n) is 8.40. The summed E-state index contributed by atoms with van der Waals surface area (Å²) in [4.78, 5) is 13.9. The van der Waals surface area contributed by atoms with Gasteiger partial charge in [-0.1, -0.05) is 0 Å². The number of nitrogens with zero attached hydrogens (tertiary/aromatic N) is 2. The molecular formula is C16H24ClN3O5S. The first kappa shape index (κ1) is 20.8. The summed E-state index contributed by atoms with van der Waals surface area (Å²) in [5.74, 6) is 0.975. The normalized spacial score (nSPS) is 18.0. The molecule has 1 saturated heterocycles. The van der Waals surface area contributed by atoms with Gasteiger partial charge in [0.1, 0.15) is 13.2 Å². The standard InChI is InChI=1S/C16H23N3O5S.ClH/c17-5-4-16(20)18-6-1-7-19(9-8-18)25(21,22)13-2-3-14-15(12-13)24-11-10-23-14;/h2-3,12H,1,4-11,17H2;1H. The summed E-state index contributed by atoms with van der Waals surface area (Å²) >= 11 is 0. The molecule has 0 radical (unpaired) electrons. The summed E-state index contributed by atoms with van der Waals surface area (Å²) in [6.07, 6.45) is 0.884. The molecule has 0 unspecified atom stereocenters. The Labute approximate surface area is 159 Å². The van der Waals surface area contributed by atoms with Crippen molar-refractivity contribution >= 4 is 28.3 Å². The molecule has 0 saturated carbocycles. The number of sulfonamides is 1. The van der Waals surface area contributed by atoms with Gasteiger partial charge < -0.3 is 20.1 Å². The molecule has 2 N–H and O–H groups in total. The Balaban J connectivity index is 0.00000243. The topological polar surface area (TPSA) is 102 Å². The van der Waals surface area contributed by atoms with E-state index in [1.165, 1.54) is 16.4 Å². The van der Waals surface area contributed by atoms with Crippen LogP contribution in [0.25, 0.3) is 0 Å². The predicted octanol–water partition coefficient (Wildman–Crippen LogP) is 0.451. The number of hydrogen-bond donors (Lipinski definition) is 1. The lowest BCUT2D eigenvalue weighted by Gasteiger charge is -2.23. The van der Waals surface area contributed by atoms with Crippen molar-refractivity contribution in [3.63, 3.8) is 0 Å². The number of halogens is 1. The Morgan fingerprint density at radius 1 is 1.08 bits per heavy atom. The third kappa shape index (κ3) is 4.40. The second-order valence-electron chi connectivity index (χ2n) is 5.98. The first-order chi connectivity index (χ1) is 12.0. The summed E-state index contributed by atoms with van der Waals surface area (Å²) in [5.41, 5.74) is 5.43. The minimum absolute atomic E-state index is 0. The number of nitrogens with two attached hydrogens (primary N) is 1. The van der Waals surface area contributed by atoms with Crippen molar-refractivity contribution in [3.8, 4) is 11.5 Å². The van der Waals surface area contributed by atoms with E-state index in [2.05, 4.69) is 0 Å². The highest BCUT2D eigenvalue weighted by Gasteiger charge is 2.29. The van der Waals surface area contributed by atoms with Crippen LogP contribution in [0.15, 0.2) is 23.1 Å². The molecule has 2 aliphatic rings. The lowest BCUT2D eigenvalue weighted by molar-refractivity contribution is -0.130. The molecule has 8 nitrogen and oxygen atoms in total. The van der Waals surface area contributed by atoms with Crippen molar-refractivity contribution < 1.29 is 22.7 Å². The van der Waals surface area contributed by atoms with Gasteiger partial charge in [-0.2, -0.15) is 4.31 Å². The number of carbonyl (C=O) groups is 1. The minimum Gasteiger partial charge on any atom is -0.486 e. The average Bonchev–Trinajstić information content (AvgIpc) is 2.88. The van der Waals surface area contributed by atoms with E-state index in [0.717, 1.165) is 0 Å². The third-order valence-corrected chi connectivity index (χ3v) is 6.21. The highest BCUT2D eigenvalue weighted by molar-refractivity contribution is 7.89. The lowest BCUT2D eigenvalue weighted by atomic mass is 10.3. The molecule has 1 fully saturated rings. The highest BCUT2D eigenvalue weighted by Crippen LogP contribution is 2.33. The number of fused-ring (bicyclic) bond motifs is 1. The molecule has 26 heavy (non-hydrogen) atoms. The molecule has 1 aromatic rings. The van der Waals surface area contributed by atoms with Crippen LogP contribution in [0.3, 0.4) is 0 Å². The fourth-order valence-corrected chi connectivity index (χ4v) is 4.48. The molecule has 0 aromatic heterocycles. The molecule has 0 atom stereocenters. The minimum atomic E-state index is -3.65. The van der Waals surface area contributed by atoms with Crippen molar-refractivity contribution in [3.05, 3.63) is 18.2 Å². The van der Waals surface area contributed by atoms with Crippen molar-refractivity contribution in [1.29, 1.82) is 0 Å². The molecule has 3 rings (SSSR count). The van der Waals surface area contributed by atoms with Crippen LogP contribution in [0.4, 0.5) is 0 Å². The van der Waals surface area contributed by atoms with Crippen LogP contribution >= 0.6 is 12.4 Å². The maximum atomic E-state index is 12.9. The zero-order chi connectivity index (χ0) is 17.9. The van der Waals surface area contributed by atoms with E-state index in [-0.39, 0.29) is 36.2 Å². The van der Waals surface area contributed by atoms with Gasteiger partial charge in [-0.15, -0.1) is 12.4 Å². The molecule has 10 heteroatoms. The Morgan fingerprint density at radius 2 is 1.81 bits per heavy atom. The van der Waals surface area contributed by atoms with Crippen molar-refractivity contribution in [2.75, 3.05) is 45.9 Å². The second kappa shape index (κ2) is 8.90. The number of hydrogen-bond acceptors (Lipinski definition) is 6. The number of carbonyl (C=O) groups excluding carboxylic acids is 1. The smallest absolute Gasteiger partial charge is 0.243 e. The van der Waals surface area contributed by atoms with E-state index >= 15 is 0 Å². The van der Waals surface area contributed by atoms with E-state index in [1.54, 1.807) is 11.0 Å². The maximum absolute atomic E-state index is 12.9. The highest BCUT2D eigenvalue weighted by atomic mass is 35.5. The Hall–Kier alpha value is -1.55. The van der Waals surface area contributed by atoms with Crippen LogP contribution in [0.2, 0.25) is 0 Å².